The SMILES string of the molecule is Cc1n[nH]cc1-c1nc(N)c(C#N)nc1-c1cc(Cl)c2[nH]ncc2c1. The zero-order valence-corrected chi connectivity index (χ0v) is 13.8. The number of nitrogens with one attached hydrogen (secondary N) is 2. The van der Waals surface area contributed by atoms with Crippen molar-refractivity contribution in [2.24, 2.45) is 0 Å². The van der Waals surface area contributed by atoms with Gasteiger partial charge in [-0.15, -0.1) is 0 Å². The summed E-state index contributed by atoms with van der Waals surface area (Å²) in [6.45, 7) is 1.85. The summed E-state index contributed by atoms with van der Waals surface area (Å²) in [5.74, 6) is 0.0670. The molecule has 0 atom stereocenters. The third-order valence-electron chi connectivity index (χ3n) is 3.89. The molecule has 1 aromatic carbocycles. The lowest BCUT2D eigenvalue weighted by Gasteiger charge is -2.10. The fourth-order valence-electron chi connectivity index (χ4n) is 2.67. The van der Waals surface area contributed by atoms with E-state index in [4.69, 9.17) is 17.3 Å². The maximum Gasteiger partial charge on any atom is 0.183 e. The quantitative estimate of drug-likeness (QED) is 0.509. The van der Waals surface area contributed by atoms with Crippen molar-refractivity contribution < 1.29 is 0 Å². The van der Waals surface area contributed by atoms with Gasteiger partial charge in [0.05, 0.1) is 28.1 Å². The highest BCUT2D eigenvalue weighted by molar-refractivity contribution is 6.35. The Kier molecular flexibility index (Phi) is 3.37. The topological polar surface area (TPSA) is 133 Å². The van der Waals surface area contributed by atoms with Gasteiger partial charge in [0.2, 0.25) is 0 Å². The Morgan fingerprint density at radius 3 is 2.80 bits per heavy atom. The number of benzene rings is 1. The second-order valence-electron chi connectivity index (χ2n) is 5.44. The molecule has 4 N–H and O–H groups in total. The molecule has 3 aromatic heterocycles. The van der Waals surface area contributed by atoms with Crippen molar-refractivity contribution >= 4 is 28.3 Å². The molecule has 0 aliphatic carbocycles. The van der Waals surface area contributed by atoms with E-state index in [1.165, 1.54) is 0 Å². The summed E-state index contributed by atoms with van der Waals surface area (Å²) in [4.78, 5) is 8.80. The largest absolute Gasteiger partial charge is 0.381 e. The maximum atomic E-state index is 9.27. The number of nitrogens with two attached hydrogens (primary N) is 1. The van der Waals surface area contributed by atoms with Gasteiger partial charge in [0.15, 0.2) is 11.5 Å². The minimum atomic E-state index is 0.0586. The van der Waals surface area contributed by atoms with Gasteiger partial charge in [0.25, 0.3) is 0 Å². The van der Waals surface area contributed by atoms with Crippen LogP contribution >= 0.6 is 11.6 Å². The predicted molar refractivity (Wildman–Crippen MR) is 93.6 cm³/mol. The molecule has 9 heteroatoms. The Labute approximate surface area is 146 Å². The molecule has 0 bridgehead atoms. The predicted octanol–water partition coefficient (Wildman–Crippen LogP) is 2.83. The van der Waals surface area contributed by atoms with E-state index in [0.29, 0.717) is 22.0 Å². The van der Waals surface area contributed by atoms with Crippen LogP contribution in [0.15, 0.2) is 24.5 Å². The van der Waals surface area contributed by atoms with Crippen LogP contribution in [0.2, 0.25) is 5.02 Å². The standard InChI is InChI=1S/C16H11ClN8/c1-7-10(6-21-24-7)15-14(22-12(4-18)16(19)23-15)8-2-9-5-20-25-13(9)11(17)3-8/h2-3,5-6H,1H3,(H2,19,23)(H,20,25)(H,21,24). The molecule has 3 heterocycles. The normalized spacial score (nSPS) is 10.9. The number of hydrogen-bond donors (Lipinski definition) is 3. The van der Waals surface area contributed by atoms with Gasteiger partial charge in [-0.05, 0) is 19.1 Å². The van der Waals surface area contributed by atoms with Crippen LogP contribution in [0, 0.1) is 18.3 Å². The first-order valence-electron chi connectivity index (χ1n) is 7.30. The molecule has 0 fully saturated rings. The van der Waals surface area contributed by atoms with Crippen molar-refractivity contribution in [1.82, 2.24) is 30.4 Å². The molecule has 0 aliphatic heterocycles. The van der Waals surface area contributed by atoms with Gasteiger partial charge in [0.1, 0.15) is 11.8 Å². The molecule has 0 aliphatic rings. The molecule has 0 saturated carbocycles. The van der Waals surface area contributed by atoms with E-state index in [2.05, 4.69) is 30.4 Å². The minimum absolute atomic E-state index is 0.0586. The summed E-state index contributed by atoms with van der Waals surface area (Å²) in [7, 11) is 0. The smallest absolute Gasteiger partial charge is 0.183 e. The Bertz CT molecular complexity index is 1150. The van der Waals surface area contributed by atoms with Crippen molar-refractivity contribution in [1.29, 1.82) is 5.26 Å². The van der Waals surface area contributed by atoms with Crippen molar-refractivity contribution in [3.8, 4) is 28.6 Å². The van der Waals surface area contributed by atoms with E-state index in [9.17, 15) is 5.26 Å². The number of aromatic nitrogens is 6. The third kappa shape index (κ3) is 2.38. The number of nitrogens with zero attached hydrogens (tertiary/aromatic N) is 5. The van der Waals surface area contributed by atoms with Gasteiger partial charge >= 0.3 is 0 Å². The molecule has 0 saturated heterocycles. The van der Waals surface area contributed by atoms with Crippen LogP contribution in [0.1, 0.15) is 11.4 Å². The van der Waals surface area contributed by atoms with Crippen LogP contribution in [0.25, 0.3) is 33.4 Å². The van der Waals surface area contributed by atoms with Gasteiger partial charge in [-0.3, -0.25) is 10.2 Å². The molecular formula is C16H11ClN8. The Hall–Kier alpha value is -3.44. The monoisotopic (exact) mass is 350 g/mol. The second-order valence-corrected chi connectivity index (χ2v) is 5.85. The number of aromatic amines is 2. The number of H-pyrrole nitrogens is 2. The zero-order valence-electron chi connectivity index (χ0n) is 13.0. The average molecular weight is 351 g/mol. The highest BCUT2D eigenvalue weighted by Gasteiger charge is 2.19. The second kappa shape index (κ2) is 5.58. The van der Waals surface area contributed by atoms with Crippen LogP contribution in [0.5, 0.6) is 0 Å². The van der Waals surface area contributed by atoms with Crippen LogP contribution in [-0.2, 0) is 0 Å². The lowest BCUT2D eigenvalue weighted by atomic mass is 10.0. The third-order valence-corrected chi connectivity index (χ3v) is 4.19. The van der Waals surface area contributed by atoms with E-state index in [0.717, 1.165) is 22.2 Å². The molecule has 4 rings (SSSR count). The van der Waals surface area contributed by atoms with E-state index < -0.39 is 0 Å². The van der Waals surface area contributed by atoms with Crippen molar-refractivity contribution in [2.75, 3.05) is 5.73 Å². The summed E-state index contributed by atoms with van der Waals surface area (Å²) in [5.41, 5.74) is 9.90. The molecule has 25 heavy (non-hydrogen) atoms. The summed E-state index contributed by atoms with van der Waals surface area (Å²) >= 11 is 6.34. The van der Waals surface area contributed by atoms with Crippen molar-refractivity contribution in [3.63, 3.8) is 0 Å². The Morgan fingerprint density at radius 2 is 2.08 bits per heavy atom. The first kappa shape index (κ1) is 15.1. The average Bonchev–Trinajstić information content (AvgIpc) is 3.23. The van der Waals surface area contributed by atoms with Crippen LogP contribution in [-0.4, -0.2) is 30.4 Å². The van der Waals surface area contributed by atoms with Gasteiger partial charge in [0, 0.05) is 22.7 Å². The first-order chi connectivity index (χ1) is 12.1. The number of aryl methyl sites for hydroxylation is 1. The van der Waals surface area contributed by atoms with Crippen LogP contribution < -0.4 is 5.73 Å². The number of halogens is 1. The number of fused-ring (bicyclic) bond motifs is 1. The molecule has 122 valence electrons. The summed E-state index contributed by atoms with van der Waals surface area (Å²) in [6, 6.07) is 5.60. The van der Waals surface area contributed by atoms with Gasteiger partial charge in [-0.2, -0.15) is 15.5 Å². The number of nitrogen functional groups attached to an aromatic ring is 1. The number of rotatable bonds is 2. The highest BCUT2D eigenvalue weighted by Crippen LogP contribution is 2.35. The number of anilines is 1. The van der Waals surface area contributed by atoms with E-state index in [-0.39, 0.29) is 11.5 Å². The van der Waals surface area contributed by atoms with E-state index in [1.54, 1.807) is 18.5 Å². The van der Waals surface area contributed by atoms with Gasteiger partial charge in [-0.25, -0.2) is 9.97 Å². The lowest BCUT2D eigenvalue weighted by Crippen LogP contribution is -2.03. The first-order valence-corrected chi connectivity index (χ1v) is 7.67. The molecule has 0 unspecified atom stereocenters. The van der Waals surface area contributed by atoms with Crippen LogP contribution in [0.4, 0.5) is 5.82 Å². The molecule has 0 radical (unpaired) electrons. The molecule has 8 nitrogen and oxygen atoms in total. The van der Waals surface area contributed by atoms with Crippen molar-refractivity contribution in [3.05, 3.63) is 40.9 Å². The Balaban J connectivity index is 2.05. The minimum Gasteiger partial charge on any atom is -0.381 e. The molecule has 4 aromatic rings. The van der Waals surface area contributed by atoms with Crippen LogP contribution in [0.3, 0.4) is 0 Å². The molecule has 0 spiro atoms. The summed E-state index contributed by atoms with van der Waals surface area (Å²) in [5, 5.41) is 24.4. The summed E-state index contributed by atoms with van der Waals surface area (Å²) < 4.78 is 0. The molecule has 0 amide bonds. The zero-order chi connectivity index (χ0) is 17.6. The van der Waals surface area contributed by atoms with Crippen molar-refractivity contribution in [2.45, 2.75) is 6.92 Å². The number of hydrogen-bond acceptors (Lipinski definition) is 6. The van der Waals surface area contributed by atoms with E-state index in [1.807, 2.05) is 19.1 Å². The van der Waals surface area contributed by atoms with E-state index >= 15 is 0 Å². The fraction of sp³-hybridized carbons (Fsp3) is 0.0625. The fourth-order valence-corrected chi connectivity index (χ4v) is 2.94. The highest BCUT2D eigenvalue weighted by atomic mass is 35.5. The van der Waals surface area contributed by atoms with Gasteiger partial charge < -0.3 is 5.73 Å². The van der Waals surface area contributed by atoms with Gasteiger partial charge in [-0.1, -0.05) is 11.6 Å². The maximum absolute atomic E-state index is 9.27. The summed E-state index contributed by atoms with van der Waals surface area (Å²) in [6.07, 6.45) is 3.38. The molecular weight excluding hydrogens is 340 g/mol. The lowest BCUT2D eigenvalue weighted by molar-refractivity contribution is 1.05. The number of nitriles is 1. The Morgan fingerprint density at radius 1 is 1.24 bits per heavy atom.